The molecule has 2 aromatic heterocycles. The number of amides is 1. The van der Waals surface area contributed by atoms with Gasteiger partial charge in [-0.3, -0.25) is 9.78 Å². The predicted molar refractivity (Wildman–Crippen MR) is 133 cm³/mol. The summed E-state index contributed by atoms with van der Waals surface area (Å²) < 4.78 is 9.84. The molecule has 2 heterocycles. The van der Waals surface area contributed by atoms with Gasteiger partial charge in [0.25, 0.3) is 0 Å². The largest absolute Gasteiger partial charge is 0.497 e. The Morgan fingerprint density at radius 3 is 2.74 bits per heavy atom. The molecule has 0 N–H and O–H groups in total. The molecule has 3 aromatic rings. The van der Waals surface area contributed by atoms with Gasteiger partial charge < -0.3 is 14.5 Å². The van der Waals surface area contributed by atoms with E-state index in [0.717, 1.165) is 27.8 Å². The Balaban J connectivity index is 1.64. The van der Waals surface area contributed by atoms with Crippen molar-refractivity contribution in [2.75, 3.05) is 25.1 Å². The van der Waals surface area contributed by atoms with Crippen LogP contribution in [0.4, 0.5) is 5.13 Å². The Morgan fingerprint density at radius 1 is 1.21 bits per heavy atom. The quantitative estimate of drug-likeness (QED) is 0.387. The van der Waals surface area contributed by atoms with E-state index in [1.54, 1.807) is 24.4 Å². The maximum Gasteiger partial charge on any atom is 0.224 e. The zero-order valence-corrected chi connectivity index (χ0v) is 20.7. The molecule has 0 unspecified atom stereocenters. The van der Waals surface area contributed by atoms with E-state index in [4.69, 9.17) is 15.0 Å². The average molecular weight is 479 g/mol. The van der Waals surface area contributed by atoms with Gasteiger partial charge in [0.2, 0.25) is 11.0 Å². The lowest BCUT2D eigenvalue weighted by Gasteiger charge is -2.27. The normalized spacial score (nSPS) is 10.7. The summed E-state index contributed by atoms with van der Waals surface area (Å²) in [4.78, 5) is 25.7. The van der Waals surface area contributed by atoms with Crippen molar-refractivity contribution in [3.05, 3.63) is 65.7 Å². The second kappa shape index (κ2) is 12.7. The van der Waals surface area contributed by atoms with E-state index in [0.29, 0.717) is 38.9 Å². The van der Waals surface area contributed by atoms with Crippen molar-refractivity contribution in [1.82, 2.24) is 19.2 Å². The van der Waals surface area contributed by atoms with Crippen LogP contribution >= 0.6 is 11.5 Å². The lowest BCUT2D eigenvalue weighted by atomic mass is 10.1. The molecular weight excluding hydrogens is 448 g/mol. The van der Waals surface area contributed by atoms with Crippen LogP contribution in [0.2, 0.25) is 0 Å². The first kappa shape index (κ1) is 25.1. The SMILES string of the molecule is COc1cccc(Cc2nsc(N(CCC(=O)N(CCC#N)Cc3cccnc3)C(C)C)n2)c1. The minimum Gasteiger partial charge on any atom is -0.497 e. The van der Waals surface area contributed by atoms with Crippen molar-refractivity contribution in [3.8, 4) is 11.8 Å². The first-order valence-corrected chi connectivity index (χ1v) is 12.0. The minimum absolute atomic E-state index is 0.00544. The molecular formula is C25H30N6O2S. The number of hydrogen-bond donors (Lipinski definition) is 0. The van der Waals surface area contributed by atoms with E-state index in [9.17, 15) is 4.79 Å². The highest BCUT2D eigenvalue weighted by Gasteiger charge is 2.20. The lowest BCUT2D eigenvalue weighted by Crippen LogP contribution is -2.37. The van der Waals surface area contributed by atoms with E-state index in [1.807, 2.05) is 36.4 Å². The molecule has 0 saturated heterocycles. The molecule has 0 bridgehead atoms. The van der Waals surface area contributed by atoms with Crippen molar-refractivity contribution in [1.29, 1.82) is 5.26 Å². The van der Waals surface area contributed by atoms with E-state index < -0.39 is 0 Å². The third-order valence-corrected chi connectivity index (χ3v) is 6.12. The molecule has 0 aliphatic rings. The number of ether oxygens (including phenoxy) is 1. The number of hydrogen-bond acceptors (Lipinski definition) is 8. The Kier molecular flexibility index (Phi) is 9.35. The molecule has 0 aliphatic carbocycles. The van der Waals surface area contributed by atoms with Crippen LogP contribution in [0.1, 0.15) is 43.6 Å². The first-order chi connectivity index (χ1) is 16.5. The number of pyridine rings is 1. The molecule has 3 rings (SSSR count). The van der Waals surface area contributed by atoms with Gasteiger partial charge in [0, 0.05) is 62.4 Å². The molecule has 0 aliphatic heterocycles. The topological polar surface area (TPSA) is 95.2 Å². The molecule has 0 fully saturated rings. The fourth-order valence-corrected chi connectivity index (χ4v) is 4.38. The standard InChI is InChI=1S/C25H30N6O2S/c1-19(2)31(25-28-23(29-34-25)16-20-7-4-9-22(15-20)33-3)14-10-24(32)30(13-6-11-26)18-21-8-5-12-27-17-21/h4-5,7-9,12,15,17,19H,6,10,13-14,16,18H2,1-3H3. The molecule has 178 valence electrons. The number of carbonyl (C=O) groups is 1. The van der Waals surface area contributed by atoms with Crippen molar-refractivity contribution >= 4 is 22.6 Å². The summed E-state index contributed by atoms with van der Waals surface area (Å²) >= 11 is 1.35. The summed E-state index contributed by atoms with van der Waals surface area (Å²) in [6, 6.07) is 14.0. The maximum atomic E-state index is 13.0. The molecule has 0 spiro atoms. The number of anilines is 1. The molecule has 1 aromatic carbocycles. The third-order valence-electron chi connectivity index (χ3n) is 5.33. The highest BCUT2D eigenvalue weighted by atomic mass is 32.1. The fraction of sp³-hybridized carbons (Fsp3) is 0.400. The second-order valence-electron chi connectivity index (χ2n) is 8.14. The first-order valence-electron chi connectivity index (χ1n) is 11.3. The van der Waals surface area contributed by atoms with Crippen LogP contribution in [-0.2, 0) is 17.8 Å². The van der Waals surface area contributed by atoms with Gasteiger partial charge in [-0.2, -0.15) is 9.64 Å². The number of rotatable bonds is 12. The molecule has 34 heavy (non-hydrogen) atoms. The summed E-state index contributed by atoms with van der Waals surface area (Å²) in [7, 11) is 1.65. The molecule has 1 amide bonds. The molecule has 9 heteroatoms. The number of benzene rings is 1. The Bertz CT molecular complexity index is 1100. The maximum absolute atomic E-state index is 13.0. The Labute approximate surface area is 205 Å². The van der Waals surface area contributed by atoms with Gasteiger partial charge in [-0.05, 0) is 43.2 Å². The van der Waals surface area contributed by atoms with Gasteiger partial charge >= 0.3 is 0 Å². The van der Waals surface area contributed by atoms with Crippen LogP contribution in [0.3, 0.4) is 0 Å². The highest BCUT2D eigenvalue weighted by molar-refractivity contribution is 7.09. The number of methoxy groups -OCH3 is 1. The number of carbonyl (C=O) groups excluding carboxylic acids is 1. The van der Waals surface area contributed by atoms with Crippen molar-refractivity contribution in [3.63, 3.8) is 0 Å². The van der Waals surface area contributed by atoms with Crippen LogP contribution < -0.4 is 9.64 Å². The third kappa shape index (κ3) is 7.25. The van der Waals surface area contributed by atoms with Crippen LogP contribution in [0.5, 0.6) is 5.75 Å². The van der Waals surface area contributed by atoms with Gasteiger partial charge in [0.05, 0.1) is 19.6 Å². The monoisotopic (exact) mass is 478 g/mol. The summed E-state index contributed by atoms with van der Waals surface area (Å²) in [5.74, 6) is 1.56. The van der Waals surface area contributed by atoms with Gasteiger partial charge in [0.15, 0.2) is 0 Å². The van der Waals surface area contributed by atoms with E-state index in [2.05, 4.69) is 34.2 Å². The molecule has 8 nitrogen and oxygen atoms in total. The fourth-order valence-electron chi connectivity index (χ4n) is 3.54. The van der Waals surface area contributed by atoms with Crippen LogP contribution in [0, 0.1) is 11.3 Å². The van der Waals surface area contributed by atoms with Gasteiger partial charge in [-0.15, -0.1) is 0 Å². The van der Waals surface area contributed by atoms with Gasteiger partial charge in [-0.1, -0.05) is 18.2 Å². The van der Waals surface area contributed by atoms with Crippen LogP contribution in [-0.4, -0.2) is 51.4 Å². The summed E-state index contributed by atoms with van der Waals surface area (Å²) in [6.45, 7) is 5.53. The van der Waals surface area contributed by atoms with Crippen molar-refractivity contribution in [2.24, 2.45) is 0 Å². The smallest absolute Gasteiger partial charge is 0.224 e. The van der Waals surface area contributed by atoms with E-state index in [-0.39, 0.29) is 11.9 Å². The zero-order valence-electron chi connectivity index (χ0n) is 19.8. The van der Waals surface area contributed by atoms with Crippen LogP contribution in [0.25, 0.3) is 0 Å². The van der Waals surface area contributed by atoms with Crippen molar-refractivity contribution < 1.29 is 9.53 Å². The number of nitrogens with zero attached hydrogens (tertiary/aromatic N) is 6. The highest BCUT2D eigenvalue weighted by Crippen LogP contribution is 2.23. The van der Waals surface area contributed by atoms with E-state index >= 15 is 0 Å². The molecule has 0 radical (unpaired) electrons. The lowest BCUT2D eigenvalue weighted by molar-refractivity contribution is -0.131. The van der Waals surface area contributed by atoms with Gasteiger partial charge in [-0.25, -0.2) is 4.98 Å². The van der Waals surface area contributed by atoms with Crippen LogP contribution in [0.15, 0.2) is 48.8 Å². The summed E-state index contributed by atoms with van der Waals surface area (Å²) in [5.41, 5.74) is 2.03. The minimum atomic E-state index is 0.00544. The number of nitriles is 1. The molecule has 0 atom stereocenters. The molecule has 0 saturated carbocycles. The van der Waals surface area contributed by atoms with Gasteiger partial charge in [0.1, 0.15) is 11.6 Å². The number of aromatic nitrogens is 3. The Hall–Kier alpha value is -3.51. The summed E-state index contributed by atoms with van der Waals surface area (Å²) in [6.07, 6.45) is 4.69. The van der Waals surface area contributed by atoms with Crippen molar-refractivity contribution in [2.45, 2.75) is 45.7 Å². The second-order valence-corrected chi connectivity index (χ2v) is 8.87. The average Bonchev–Trinajstić information content (AvgIpc) is 3.30. The van der Waals surface area contributed by atoms with E-state index in [1.165, 1.54) is 11.5 Å². The predicted octanol–water partition coefficient (Wildman–Crippen LogP) is 4.08. The zero-order chi connectivity index (χ0) is 24.3. The summed E-state index contributed by atoms with van der Waals surface area (Å²) in [5, 5.41) is 9.81. The Morgan fingerprint density at radius 2 is 2.03 bits per heavy atom.